The average Bonchev–Trinajstić information content (AvgIpc) is 3.28. The second-order valence-electron chi connectivity index (χ2n) is 8.37. The number of carboxylic acids is 1. The summed E-state index contributed by atoms with van der Waals surface area (Å²) in [6.45, 7) is 6.76. The standard InChI is InChI=1S/C25H28N4O3S/c1-15-8-9-18(24(31)32)14-21(15)29-16(2)13-19(17(29)3)23-22(20-7-4-5-10-26-20)27-25(33)28(23)11-6-12-30/h4-5,7-10,13-14,22-23,30H,6,11-12H2,1-3H3,(H,27,33)(H,31,32)/t22-,23-/m1/s1. The largest absolute Gasteiger partial charge is 0.478 e. The molecule has 0 unspecified atom stereocenters. The first-order valence-corrected chi connectivity index (χ1v) is 11.4. The lowest BCUT2D eigenvalue weighted by Gasteiger charge is -2.28. The molecule has 0 spiro atoms. The molecule has 0 radical (unpaired) electrons. The van der Waals surface area contributed by atoms with Crippen molar-refractivity contribution in [2.75, 3.05) is 13.2 Å². The van der Waals surface area contributed by atoms with Crippen LogP contribution in [0.15, 0.2) is 48.7 Å². The summed E-state index contributed by atoms with van der Waals surface area (Å²) in [6, 6.07) is 12.9. The molecule has 0 amide bonds. The fraction of sp³-hybridized carbons (Fsp3) is 0.320. The zero-order valence-corrected chi connectivity index (χ0v) is 19.8. The van der Waals surface area contributed by atoms with Gasteiger partial charge in [0.05, 0.1) is 23.3 Å². The first kappa shape index (κ1) is 22.9. The number of pyridine rings is 1. The Morgan fingerprint density at radius 3 is 2.64 bits per heavy atom. The molecule has 33 heavy (non-hydrogen) atoms. The van der Waals surface area contributed by atoms with Crippen LogP contribution in [0, 0.1) is 20.8 Å². The zero-order chi connectivity index (χ0) is 23.7. The minimum atomic E-state index is -0.949. The average molecular weight is 465 g/mol. The lowest BCUT2D eigenvalue weighted by atomic mass is 9.96. The number of aliphatic hydroxyl groups is 1. The molecule has 7 nitrogen and oxygen atoms in total. The molecule has 1 aliphatic rings. The van der Waals surface area contributed by atoms with Crippen LogP contribution in [0.5, 0.6) is 0 Å². The molecule has 3 heterocycles. The Morgan fingerprint density at radius 2 is 1.97 bits per heavy atom. The number of aromatic nitrogens is 2. The number of nitrogens with one attached hydrogen (secondary N) is 1. The van der Waals surface area contributed by atoms with Crippen LogP contribution in [-0.2, 0) is 0 Å². The Bertz CT molecular complexity index is 1190. The Hall–Kier alpha value is -3.23. The van der Waals surface area contributed by atoms with Crippen LogP contribution in [0.1, 0.15) is 57.1 Å². The van der Waals surface area contributed by atoms with Crippen molar-refractivity contribution in [3.05, 3.63) is 82.4 Å². The number of carboxylic acid groups (broad SMARTS) is 1. The molecule has 1 fully saturated rings. The molecule has 0 aliphatic carbocycles. The number of rotatable bonds is 7. The van der Waals surface area contributed by atoms with Gasteiger partial charge < -0.3 is 25.0 Å². The van der Waals surface area contributed by atoms with E-state index in [1.54, 1.807) is 18.3 Å². The van der Waals surface area contributed by atoms with Gasteiger partial charge in [0, 0.05) is 36.4 Å². The molecule has 2 aromatic heterocycles. The van der Waals surface area contributed by atoms with Crippen molar-refractivity contribution in [1.82, 2.24) is 19.8 Å². The van der Waals surface area contributed by atoms with Gasteiger partial charge in [-0.15, -0.1) is 0 Å². The molecule has 0 bridgehead atoms. The normalized spacial score (nSPS) is 17.9. The van der Waals surface area contributed by atoms with E-state index in [0.717, 1.165) is 33.9 Å². The summed E-state index contributed by atoms with van der Waals surface area (Å²) in [6.07, 6.45) is 2.38. The number of hydrogen-bond donors (Lipinski definition) is 3. The van der Waals surface area contributed by atoms with Crippen LogP contribution in [0.3, 0.4) is 0 Å². The lowest BCUT2D eigenvalue weighted by Crippen LogP contribution is -2.31. The van der Waals surface area contributed by atoms with Crippen LogP contribution >= 0.6 is 12.2 Å². The summed E-state index contributed by atoms with van der Waals surface area (Å²) in [7, 11) is 0. The maximum Gasteiger partial charge on any atom is 0.335 e. The number of aromatic carboxylic acids is 1. The van der Waals surface area contributed by atoms with E-state index in [9.17, 15) is 15.0 Å². The molecule has 3 N–H and O–H groups in total. The van der Waals surface area contributed by atoms with E-state index < -0.39 is 5.97 Å². The molecule has 1 aliphatic heterocycles. The minimum Gasteiger partial charge on any atom is -0.478 e. The fourth-order valence-corrected chi connectivity index (χ4v) is 5.00. The maximum absolute atomic E-state index is 11.6. The van der Waals surface area contributed by atoms with Gasteiger partial charge >= 0.3 is 5.97 Å². The van der Waals surface area contributed by atoms with Gasteiger partial charge in [-0.1, -0.05) is 12.1 Å². The first-order valence-electron chi connectivity index (χ1n) is 11.0. The van der Waals surface area contributed by atoms with Crippen molar-refractivity contribution in [2.24, 2.45) is 0 Å². The zero-order valence-electron chi connectivity index (χ0n) is 18.9. The number of thiocarbonyl (C=S) groups is 1. The summed E-state index contributed by atoms with van der Waals surface area (Å²) in [5.74, 6) is -0.949. The smallest absolute Gasteiger partial charge is 0.335 e. The number of hydrogen-bond acceptors (Lipinski definition) is 4. The highest BCUT2D eigenvalue weighted by molar-refractivity contribution is 7.80. The number of benzene rings is 1. The molecular formula is C25H28N4O3S. The number of carbonyl (C=O) groups is 1. The summed E-state index contributed by atoms with van der Waals surface area (Å²) in [4.78, 5) is 18.3. The van der Waals surface area contributed by atoms with E-state index >= 15 is 0 Å². The van der Waals surface area contributed by atoms with Crippen LogP contribution in [0.2, 0.25) is 0 Å². The fourth-order valence-electron chi connectivity index (χ4n) is 4.67. The Balaban J connectivity index is 1.85. The molecule has 1 saturated heterocycles. The van der Waals surface area contributed by atoms with Crippen molar-refractivity contribution in [3.8, 4) is 5.69 Å². The predicted octanol–water partition coefficient (Wildman–Crippen LogP) is 3.85. The maximum atomic E-state index is 11.6. The van der Waals surface area contributed by atoms with Gasteiger partial charge in [0.25, 0.3) is 0 Å². The third kappa shape index (κ3) is 4.24. The van der Waals surface area contributed by atoms with E-state index in [4.69, 9.17) is 12.2 Å². The topological polar surface area (TPSA) is 90.6 Å². The number of nitrogens with zero attached hydrogens (tertiary/aromatic N) is 3. The highest BCUT2D eigenvalue weighted by Crippen LogP contribution is 2.41. The Kier molecular flexibility index (Phi) is 6.49. The number of aryl methyl sites for hydroxylation is 2. The van der Waals surface area contributed by atoms with Gasteiger partial charge in [-0.2, -0.15) is 0 Å². The molecule has 4 rings (SSSR count). The summed E-state index contributed by atoms with van der Waals surface area (Å²) in [5, 5.41) is 23.0. The van der Waals surface area contributed by atoms with Crippen LogP contribution in [0.25, 0.3) is 5.69 Å². The second kappa shape index (κ2) is 9.33. The van der Waals surface area contributed by atoms with Gasteiger partial charge in [-0.3, -0.25) is 4.98 Å². The predicted molar refractivity (Wildman–Crippen MR) is 131 cm³/mol. The van der Waals surface area contributed by atoms with Gasteiger partial charge in [-0.25, -0.2) is 4.79 Å². The SMILES string of the molecule is Cc1ccc(C(=O)O)cc1-n1c(C)cc([C@@H]2[C@@H](c3ccccn3)NC(=S)N2CCCO)c1C. The van der Waals surface area contributed by atoms with Gasteiger partial charge in [0.2, 0.25) is 0 Å². The van der Waals surface area contributed by atoms with Crippen LogP contribution in [0.4, 0.5) is 0 Å². The molecule has 3 aromatic rings. The van der Waals surface area contributed by atoms with Crippen molar-refractivity contribution >= 4 is 23.3 Å². The van der Waals surface area contributed by atoms with E-state index in [1.807, 2.05) is 38.1 Å². The lowest BCUT2D eigenvalue weighted by molar-refractivity contribution is 0.0697. The van der Waals surface area contributed by atoms with Crippen LogP contribution in [-0.4, -0.2) is 48.9 Å². The van der Waals surface area contributed by atoms with Crippen molar-refractivity contribution in [3.63, 3.8) is 0 Å². The summed E-state index contributed by atoms with van der Waals surface area (Å²) >= 11 is 5.68. The highest BCUT2D eigenvalue weighted by atomic mass is 32.1. The second-order valence-corrected chi connectivity index (χ2v) is 8.75. The van der Waals surface area contributed by atoms with Crippen molar-refractivity contribution < 1.29 is 15.0 Å². The molecule has 2 atom stereocenters. The van der Waals surface area contributed by atoms with E-state index in [-0.39, 0.29) is 24.3 Å². The van der Waals surface area contributed by atoms with E-state index in [0.29, 0.717) is 18.1 Å². The molecule has 1 aromatic carbocycles. The van der Waals surface area contributed by atoms with Crippen LogP contribution < -0.4 is 5.32 Å². The highest BCUT2D eigenvalue weighted by Gasteiger charge is 2.41. The summed E-state index contributed by atoms with van der Waals surface area (Å²) < 4.78 is 2.11. The van der Waals surface area contributed by atoms with E-state index in [2.05, 4.69) is 32.8 Å². The van der Waals surface area contributed by atoms with Crippen molar-refractivity contribution in [2.45, 2.75) is 39.3 Å². The number of aliphatic hydroxyl groups excluding tert-OH is 1. The summed E-state index contributed by atoms with van der Waals surface area (Å²) in [5.41, 5.74) is 6.10. The Morgan fingerprint density at radius 1 is 1.18 bits per heavy atom. The minimum absolute atomic E-state index is 0.0836. The van der Waals surface area contributed by atoms with Crippen molar-refractivity contribution in [1.29, 1.82) is 0 Å². The quantitative estimate of drug-likeness (QED) is 0.458. The molecule has 0 saturated carbocycles. The van der Waals surface area contributed by atoms with Gasteiger partial charge in [0.1, 0.15) is 0 Å². The monoisotopic (exact) mass is 464 g/mol. The van der Waals surface area contributed by atoms with Gasteiger partial charge in [-0.05, 0) is 80.9 Å². The molecule has 172 valence electrons. The molecular weight excluding hydrogens is 436 g/mol. The van der Waals surface area contributed by atoms with Gasteiger partial charge in [0.15, 0.2) is 5.11 Å². The third-order valence-electron chi connectivity index (χ3n) is 6.24. The Labute approximate surface area is 198 Å². The first-order chi connectivity index (χ1) is 15.8. The molecule has 8 heteroatoms. The third-order valence-corrected chi connectivity index (χ3v) is 6.59. The van der Waals surface area contributed by atoms with E-state index in [1.165, 1.54) is 0 Å².